The Labute approximate surface area is 115 Å². The second-order valence-electron chi connectivity index (χ2n) is 4.96. The van der Waals surface area contributed by atoms with E-state index in [1.165, 1.54) is 11.1 Å². The molecule has 1 aromatic carbocycles. The lowest BCUT2D eigenvalue weighted by Gasteiger charge is -2.27. The highest BCUT2D eigenvalue weighted by Crippen LogP contribution is 2.30. The Hall–Kier alpha value is -0.510. The Morgan fingerprint density at radius 3 is 2.06 bits per heavy atom. The Morgan fingerprint density at radius 1 is 1.06 bits per heavy atom. The number of benzene rings is 1. The van der Waals surface area contributed by atoms with E-state index < -0.39 is 0 Å². The molecule has 4 atom stereocenters. The smallest absolute Gasteiger partial charge is 0.0628 e. The molecule has 4 unspecified atom stereocenters. The largest absolute Gasteiger partial charge is 0.392 e. The zero-order chi connectivity index (χ0) is 13.7. The van der Waals surface area contributed by atoms with Crippen molar-refractivity contribution in [3.05, 3.63) is 35.4 Å². The van der Waals surface area contributed by atoms with Crippen LogP contribution in [0.5, 0.6) is 0 Å². The maximum Gasteiger partial charge on any atom is 0.0628 e. The third-order valence-corrected chi connectivity index (χ3v) is 4.85. The van der Waals surface area contributed by atoms with Crippen molar-refractivity contribution >= 4 is 11.8 Å². The zero-order valence-electron chi connectivity index (χ0n) is 12.0. The van der Waals surface area contributed by atoms with E-state index in [9.17, 15) is 5.11 Å². The van der Waals surface area contributed by atoms with Crippen LogP contribution in [-0.4, -0.2) is 28.8 Å². The van der Waals surface area contributed by atoms with Gasteiger partial charge in [-0.3, -0.25) is 0 Å². The predicted octanol–water partition coefficient (Wildman–Crippen LogP) is 3.15. The average Bonchev–Trinajstić information content (AvgIpc) is 2.32. The average molecular weight is 267 g/mol. The van der Waals surface area contributed by atoms with Crippen LogP contribution in [-0.2, 0) is 0 Å². The molecule has 0 spiro atoms. The molecule has 0 radical (unpaired) electrons. The van der Waals surface area contributed by atoms with Crippen LogP contribution in [0.1, 0.15) is 37.9 Å². The van der Waals surface area contributed by atoms with Gasteiger partial charge >= 0.3 is 0 Å². The lowest BCUT2D eigenvalue weighted by Crippen LogP contribution is -2.28. The molecule has 0 heterocycles. The molecule has 0 amide bonds. The second-order valence-corrected chi connectivity index (χ2v) is 6.72. The first-order chi connectivity index (χ1) is 8.45. The normalized spacial score (nSPS) is 18.1. The van der Waals surface area contributed by atoms with E-state index in [0.717, 1.165) is 0 Å². The van der Waals surface area contributed by atoms with Gasteiger partial charge in [0.05, 0.1) is 6.10 Å². The van der Waals surface area contributed by atoms with Crippen LogP contribution >= 0.6 is 11.8 Å². The monoisotopic (exact) mass is 267 g/mol. The molecule has 0 aliphatic carbocycles. The van der Waals surface area contributed by atoms with E-state index in [1.807, 2.05) is 25.7 Å². The van der Waals surface area contributed by atoms with E-state index in [2.05, 4.69) is 50.4 Å². The summed E-state index contributed by atoms with van der Waals surface area (Å²) in [6.45, 7) is 8.24. The molecule has 102 valence electrons. The molecule has 0 aliphatic rings. The van der Waals surface area contributed by atoms with Gasteiger partial charge < -0.3 is 10.4 Å². The summed E-state index contributed by atoms with van der Waals surface area (Å²) < 4.78 is 0. The van der Waals surface area contributed by atoms with Crippen molar-refractivity contribution in [2.45, 2.75) is 50.3 Å². The van der Waals surface area contributed by atoms with Crippen LogP contribution in [0.25, 0.3) is 0 Å². The van der Waals surface area contributed by atoms with Crippen LogP contribution in [0.15, 0.2) is 24.3 Å². The maximum absolute atomic E-state index is 9.59. The van der Waals surface area contributed by atoms with Crippen molar-refractivity contribution in [1.82, 2.24) is 5.32 Å². The third kappa shape index (κ3) is 4.30. The predicted molar refractivity (Wildman–Crippen MR) is 81.2 cm³/mol. The first-order valence-corrected chi connectivity index (χ1v) is 7.47. The maximum atomic E-state index is 9.59. The molecule has 0 aliphatic heterocycles. The molecule has 0 aromatic heterocycles. The van der Waals surface area contributed by atoms with Crippen molar-refractivity contribution in [1.29, 1.82) is 0 Å². The minimum Gasteiger partial charge on any atom is -0.392 e. The summed E-state index contributed by atoms with van der Waals surface area (Å²) in [7, 11) is 1.99. The fraction of sp³-hybridized carbons (Fsp3) is 0.600. The van der Waals surface area contributed by atoms with Crippen LogP contribution in [0.2, 0.25) is 0 Å². The van der Waals surface area contributed by atoms with E-state index in [1.54, 1.807) is 0 Å². The van der Waals surface area contributed by atoms with Gasteiger partial charge in [0.1, 0.15) is 0 Å². The number of hydrogen-bond acceptors (Lipinski definition) is 3. The standard InChI is InChI=1S/C15H25NOS/c1-10-6-8-14(9-7-10)15(16-5)13(4)18-12(3)11(2)17/h6-9,11-13,15-17H,1-5H3. The van der Waals surface area contributed by atoms with E-state index in [0.29, 0.717) is 11.3 Å². The van der Waals surface area contributed by atoms with Gasteiger partial charge in [-0.05, 0) is 26.5 Å². The molecule has 1 aromatic rings. The summed E-state index contributed by atoms with van der Waals surface area (Å²) in [4.78, 5) is 0. The van der Waals surface area contributed by atoms with E-state index >= 15 is 0 Å². The molecular weight excluding hydrogens is 242 g/mol. The van der Waals surface area contributed by atoms with Crippen molar-refractivity contribution in [2.75, 3.05) is 7.05 Å². The number of aryl methyl sites for hydroxylation is 1. The molecule has 2 nitrogen and oxygen atoms in total. The highest BCUT2D eigenvalue weighted by molar-refractivity contribution is 8.00. The highest BCUT2D eigenvalue weighted by atomic mass is 32.2. The van der Waals surface area contributed by atoms with Gasteiger partial charge in [-0.15, -0.1) is 0 Å². The fourth-order valence-electron chi connectivity index (χ4n) is 1.98. The summed E-state index contributed by atoms with van der Waals surface area (Å²) in [5.74, 6) is 0. The number of thioether (sulfide) groups is 1. The van der Waals surface area contributed by atoms with Crippen LogP contribution in [0.4, 0.5) is 0 Å². The van der Waals surface area contributed by atoms with Crippen molar-refractivity contribution < 1.29 is 5.11 Å². The molecule has 0 saturated carbocycles. The topological polar surface area (TPSA) is 32.3 Å². The quantitative estimate of drug-likeness (QED) is 0.830. The van der Waals surface area contributed by atoms with Crippen LogP contribution < -0.4 is 5.32 Å². The van der Waals surface area contributed by atoms with E-state index in [-0.39, 0.29) is 11.4 Å². The first kappa shape index (κ1) is 15.5. The summed E-state index contributed by atoms with van der Waals surface area (Å²) in [6, 6.07) is 8.97. The number of aliphatic hydroxyl groups is 1. The lowest BCUT2D eigenvalue weighted by molar-refractivity contribution is 0.196. The van der Waals surface area contributed by atoms with Crippen LogP contribution in [0, 0.1) is 6.92 Å². The van der Waals surface area contributed by atoms with Crippen molar-refractivity contribution in [3.63, 3.8) is 0 Å². The van der Waals surface area contributed by atoms with Gasteiger partial charge in [-0.1, -0.05) is 43.7 Å². The Bertz CT molecular complexity index is 350. The molecule has 3 heteroatoms. The highest BCUT2D eigenvalue weighted by Gasteiger charge is 2.21. The summed E-state index contributed by atoms with van der Waals surface area (Å²) in [5, 5.41) is 13.6. The second kappa shape index (κ2) is 7.17. The summed E-state index contributed by atoms with van der Waals surface area (Å²) in [6.07, 6.45) is -0.270. The van der Waals surface area contributed by atoms with Crippen molar-refractivity contribution in [2.24, 2.45) is 0 Å². The minimum atomic E-state index is -0.270. The van der Waals surface area contributed by atoms with Gasteiger partial charge in [0, 0.05) is 16.5 Å². The Morgan fingerprint density at radius 2 is 1.61 bits per heavy atom. The summed E-state index contributed by atoms with van der Waals surface area (Å²) in [5.41, 5.74) is 2.59. The van der Waals surface area contributed by atoms with Gasteiger partial charge in [0.15, 0.2) is 0 Å². The fourth-order valence-corrected chi connectivity index (χ4v) is 3.33. The molecule has 0 saturated heterocycles. The molecule has 18 heavy (non-hydrogen) atoms. The SMILES string of the molecule is CNC(c1ccc(C)cc1)C(C)SC(C)C(C)O. The third-order valence-electron chi connectivity index (χ3n) is 3.33. The van der Waals surface area contributed by atoms with E-state index in [4.69, 9.17) is 0 Å². The lowest BCUT2D eigenvalue weighted by atomic mass is 10.0. The molecule has 1 rings (SSSR count). The Balaban J connectivity index is 2.73. The Kier molecular flexibility index (Phi) is 6.19. The van der Waals surface area contributed by atoms with Crippen molar-refractivity contribution in [3.8, 4) is 0 Å². The number of rotatable bonds is 6. The first-order valence-electron chi connectivity index (χ1n) is 6.53. The van der Waals surface area contributed by atoms with Crippen LogP contribution in [0.3, 0.4) is 0 Å². The number of hydrogen-bond donors (Lipinski definition) is 2. The molecular formula is C15H25NOS. The van der Waals surface area contributed by atoms with Gasteiger partial charge in [-0.2, -0.15) is 11.8 Å². The molecule has 0 fully saturated rings. The van der Waals surface area contributed by atoms with Gasteiger partial charge in [-0.25, -0.2) is 0 Å². The summed E-state index contributed by atoms with van der Waals surface area (Å²) >= 11 is 1.83. The van der Waals surface area contributed by atoms with Gasteiger partial charge in [0.2, 0.25) is 0 Å². The number of nitrogens with one attached hydrogen (secondary N) is 1. The minimum absolute atomic E-state index is 0.251. The van der Waals surface area contributed by atoms with Gasteiger partial charge in [0.25, 0.3) is 0 Å². The molecule has 2 N–H and O–H groups in total. The molecule has 0 bridgehead atoms. The zero-order valence-corrected chi connectivity index (χ0v) is 12.8. The number of aliphatic hydroxyl groups excluding tert-OH is 1.